The number of benzene rings is 4. The maximum atomic E-state index is 12.9. The molecule has 4 rings (SSSR count). The third kappa shape index (κ3) is 5.11. The minimum Gasteiger partial charge on any atom is -0.256 e. The average molecular weight is 396 g/mol. The quantitative estimate of drug-likeness (QED) is 0.321. The van der Waals surface area contributed by atoms with Crippen molar-refractivity contribution in [2.75, 3.05) is 0 Å². The second-order valence-electron chi connectivity index (χ2n) is 6.71. The zero-order valence-electron chi connectivity index (χ0n) is 16.0. The molecular formula is C26H18F2N2. The van der Waals surface area contributed by atoms with Crippen LogP contribution in [0.25, 0.3) is 11.1 Å². The summed E-state index contributed by atoms with van der Waals surface area (Å²) in [4.78, 5) is 8.85. The molecule has 0 aliphatic rings. The van der Waals surface area contributed by atoms with Crippen LogP contribution in [-0.2, 0) is 0 Å². The van der Waals surface area contributed by atoms with Crippen LogP contribution in [-0.4, -0.2) is 12.4 Å². The maximum Gasteiger partial charge on any atom is 0.123 e. The largest absolute Gasteiger partial charge is 0.256 e. The molecule has 0 heterocycles. The molecule has 0 unspecified atom stereocenters. The Bertz CT molecular complexity index is 1060. The monoisotopic (exact) mass is 396 g/mol. The van der Waals surface area contributed by atoms with Crippen LogP contribution < -0.4 is 0 Å². The molecule has 0 bridgehead atoms. The van der Waals surface area contributed by atoms with E-state index >= 15 is 0 Å². The highest BCUT2D eigenvalue weighted by Crippen LogP contribution is 2.25. The summed E-state index contributed by atoms with van der Waals surface area (Å²) in [6, 6.07) is 28.2. The van der Waals surface area contributed by atoms with Crippen molar-refractivity contribution in [1.82, 2.24) is 0 Å². The molecule has 0 saturated carbocycles. The summed E-state index contributed by atoms with van der Waals surface area (Å²) in [5.74, 6) is -0.521. The molecule has 0 atom stereocenters. The van der Waals surface area contributed by atoms with E-state index in [1.165, 1.54) is 24.3 Å². The highest BCUT2D eigenvalue weighted by atomic mass is 19.1. The number of hydrogen-bond acceptors (Lipinski definition) is 2. The summed E-state index contributed by atoms with van der Waals surface area (Å²) in [5.41, 5.74) is 5.48. The van der Waals surface area contributed by atoms with Gasteiger partial charge >= 0.3 is 0 Å². The lowest BCUT2D eigenvalue weighted by Gasteiger charge is -2.03. The maximum absolute atomic E-state index is 12.9. The van der Waals surface area contributed by atoms with Crippen molar-refractivity contribution in [2.45, 2.75) is 0 Å². The lowest BCUT2D eigenvalue weighted by Crippen LogP contribution is -1.82. The van der Waals surface area contributed by atoms with Crippen molar-refractivity contribution < 1.29 is 8.78 Å². The minimum atomic E-state index is -0.260. The van der Waals surface area contributed by atoms with Crippen LogP contribution in [0.2, 0.25) is 0 Å². The van der Waals surface area contributed by atoms with Crippen LogP contribution in [0.5, 0.6) is 0 Å². The SMILES string of the molecule is Fc1ccc(C=Nc2ccc(-c3ccc(N=Cc4ccc(F)cc4)cc3)cc2)cc1. The smallest absolute Gasteiger partial charge is 0.123 e. The highest BCUT2D eigenvalue weighted by Gasteiger charge is 1.99. The molecule has 0 aromatic heterocycles. The molecule has 30 heavy (non-hydrogen) atoms. The van der Waals surface area contributed by atoms with E-state index in [0.717, 1.165) is 33.6 Å². The van der Waals surface area contributed by atoms with Crippen molar-refractivity contribution in [3.8, 4) is 11.1 Å². The Morgan fingerprint density at radius 2 is 0.767 bits per heavy atom. The van der Waals surface area contributed by atoms with Gasteiger partial charge in [0.2, 0.25) is 0 Å². The van der Waals surface area contributed by atoms with E-state index in [1.54, 1.807) is 36.7 Å². The van der Waals surface area contributed by atoms with Gasteiger partial charge in [-0.2, -0.15) is 0 Å². The third-order valence-corrected chi connectivity index (χ3v) is 4.53. The number of nitrogens with zero attached hydrogens (tertiary/aromatic N) is 2. The Morgan fingerprint density at radius 3 is 1.10 bits per heavy atom. The topological polar surface area (TPSA) is 24.7 Å². The Labute approximate surface area is 173 Å². The normalized spacial score (nSPS) is 11.4. The zero-order chi connectivity index (χ0) is 20.8. The standard InChI is InChI=1S/C26H18F2N2/c27-23-9-1-19(2-10-23)17-29-25-13-5-21(6-14-25)22-7-15-26(16-8-22)30-18-20-3-11-24(28)12-4-20/h1-18H. The molecule has 4 aromatic carbocycles. The van der Waals surface area contributed by atoms with Crippen molar-refractivity contribution in [1.29, 1.82) is 0 Å². The molecule has 4 heteroatoms. The summed E-state index contributed by atoms with van der Waals surface area (Å²) >= 11 is 0. The summed E-state index contributed by atoms with van der Waals surface area (Å²) < 4.78 is 25.9. The first-order valence-corrected chi connectivity index (χ1v) is 9.45. The van der Waals surface area contributed by atoms with Crippen LogP contribution in [0.15, 0.2) is 107 Å². The van der Waals surface area contributed by atoms with Gasteiger partial charge in [-0.1, -0.05) is 48.5 Å². The van der Waals surface area contributed by atoms with Crippen LogP contribution in [0.1, 0.15) is 11.1 Å². The Balaban J connectivity index is 1.42. The average Bonchev–Trinajstić information content (AvgIpc) is 2.79. The predicted octanol–water partition coefficient (Wildman–Crippen LogP) is 7.13. The molecule has 0 aliphatic carbocycles. The van der Waals surface area contributed by atoms with E-state index in [0.29, 0.717) is 0 Å². The van der Waals surface area contributed by atoms with Gasteiger partial charge in [0, 0.05) is 12.4 Å². The van der Waals surface area contributed by atoms with Crippen molar-refractivity contribution in [3.05, 3.63) is 120 Å². The van der Waals surface area contributed by atoms with Gasteiger partial charge in [0.1, 0.15) is 11.6 Å². The minimum absolute atomic E-state index is 0.260. The summed E-state index contributed by atoms with van der Waals surface area (Å²) in [5, 5.41) is 0. The second-order valence-corrected chi connectivity index (χ2v) is 6.71. The van der Waals surface area contributed by atoms with Gasteiger partial charge in [-0.15, -0.1) is 0 Å². The summed E-state index contributed by atoms with van der Waals surface area (Å²) in [6.07, 6.45) is 3.42. The van der Waals surface area contributed by atoms with E-state index in [9.17, 15) is 8.78 Å². The van der Waals surface area contributed by atoms with Gasteiger partial charge in [-0.05, 0) is 70.8 Å². The molecule has 0 spiro atoms. The van der Waals surface area contributed by atoms with Gasteiger partial charge in [0.25, 0.3) is 0 Å². The Morgan fingerprint density at radius 1 is 0.433 bits per heavy atom. The zero-order valence-corrected chi connectivity index (χ0v) is 16.0. The highest BCUT2D eigenvalue weighted by molar-refractivity contribution is 5.83. The third-order valence-electron chi connectivity index (χ3n) is 4.53. The molecule has 146 valence electrons. The van der Waals surface area contributed by atoms with Gasteiger partial charge in [-0.3, -0.25) is 9.98 Å². The first-order valence-electron chi connectivity index (χ1n) is 9.45. The predicted molar refractivity (Wildman–Crippen MR) is 119 cm³/mol. The molecule has 0 radical (unpaired) electrons. The first-order chi connectivity index (χ1) is 14.7. The van der Waals surface area contributed by atoms with Crippen LogP contribution in [0.4, 0.5) is 20.2 Å². The van der Waals surface area contributed by atoms with Crippen molar-refractivity contribution >= 4 is 23.8 Å². The van der Waals surface area contributed by atoms with Gasteiger partial charge in [0.15, 0.2) is 0 Å². The first kappa shape index (κ1) is 19.4. The van der Waals surface area contributed by atoms with E-state index in [1.807, 2.05) is 48.5 Å². The number of halogens is 2. The molecule has 0 saturated heterocycles. The Kier molecular flexibility index (Phi) is 5.85. The van der Waals surface area contributed by atoms with Crippen LogP contribution >= 0.6 is 0 Å². The van der Waals surface area contributed by atoms with E-state index in [-0.39, 0.29) is 11.6 Å². The fraction of sp³-hybridized carbons (Fsp3) is 0. The van der Waals surface area contributed by atoms with Gasteiger partial charge in [-0.25, -0.2) is 8.78 Å². The number of rotatable bonds is 5. The molecule has 0 fully saturated rings. The number of aliphatic imine (C=N–C) groups is 2. The molecule has 2 nitrogen and oxygen atoms in total. The van der Waals surface area contributed by atoms with Crippen LogP contribution in [0, 0.1) is 11.6 Å². The van der Waals surface area contributed by atoms with E-state index in [2.05, 4.69) is 9.98 Å². The fourth-order valence-electron chi connectivity index (χ4n) is 2.88. The molecule has 0 N–H and O–H groups in total. The van der Waals surface area contributed by atoms with E-state index < -0.39 is 0 Å². The van der Waals surface area contributed by atoms with Crippen molar-refractivity contribution in [3.63, 3.8) is 0 Å². The summed E-state index contributed by atoms with van der Waals surface area (Å²) in [7, 11) is 0. The van der Waals surface area contributed by atoms with Gasteiger partial charge in [0.05, 0.1) is 11.4 Å². The van der Waals surface area contributed by atoms with Gasteiger partial charge < -0.3 is 0 Å². The van der Waals surface area contributed by atoms with E-state index in [4.69, 9.17) is 0 Å². The molecule has 0 aliphatic heterocycles. The number of hydrogen-bond donors (Lipinski definition) is 0. The second kappa shape index (κ2) is 9.05. The summed E-state index contributed by atoms with van der Waals surface area (Å²) in [6.45, 7) is 0. The lowest BCUT2D eigenvalue weighted by atomic mass is 10.1. The van der Waals surface area contributed by atoms with Crippen LogP contribution in [0.3, 0.4) is 0 Å². The fourth-order valence-corrected chi connectivity index (χ4v) is 2.88. The Hall–Kier alpha value is -3.92. The van der Waals surface area contributed by atoms with Crippen molar-refractivity contribution in [2.24, 2.45) is 9.98 Å². The molecule has 4 aromatic rings. The molecular weight excluding hydrogens is 378 g/mol. The molecule has 0 amide bonds. The lowest BCUT2D eigenvalue weighted by molar-refractivity contribution is 0.627.